The number of aromatic nitrogens is 1. The highest BCUT2D eigenvalue weighted by Crippen LogP contribution is 2.28. The number of benzene rings is 2. The maximum atomic E-state index is 13.1. The number of hydrogen-bond donors (Lipinski definition) is 1. The molecule has 1 amide bonds. The number of likely N-dealkylation sites (N-methyl/N-ethyl adjacent to an activating group) is 1. The number of amides is 1. The van der Waals surface area contributed by atoms with Gasteiger partial charge in [0.15, 0.2) is 11.7 Å². The van der Waals surface area contributed by atoms with Gasteiger partial charge in [-0.05, 0) is 37.3 Å². The number of thiazole rings is 1. The zero-order valence-corrected chi connectivity index (χ0v) is 14.8. The number of nitrogens with two attached hydrogens (primary N) is 1. The van der Waals surface area contributed by atoms with Crippen LogP contribution in [0.25, 0.3) is 10.2 Å². The minimum atomic E-state index is -0.781. The van der Waals surface area contributed by atoms with Crippen molar-refractivity contribution in [2.24, 2.45) is 0 Å². The lowest BCUT2D eigenvalue weighted by Gasteiger charge is -2.17. The lowest BCUT2D eigenvalue weighted by atomic mass is 10.2. The normalized spacial score (nSPS) is 10.7. The van der Waals surface area contributed by atoms with E-state index in [0.29, 0.717) is 11.7 Å². The van der Waals surface area contributed by atoms with Gasteiger partial charge in [0.1, 0.15) is 5.82 Å². The maximum absolute atomic E-state index is 13.1. The van der Waals surface area contributed by atoms with Crippen molar-refractivity contribution in [1.82, 2.24) is 4.98 Å². The third-order valence-electron chi connectivity index (χ3n) is 3.69. The van der Waals surface area contributed by atoms with Gasteiger partial charge in [-0.3, -0.25) is 9.69 Å². The zero-order valence-electron chi connectivity index (χ0n) is 13.9. The van der Waals surface area contributed by atoms with Crippen LogP contribution in [0.2, 0.25) is 0 Å². The largest absolute Gasteiger partial charge is 0.452 e. The molecule has 0 saturated carbocycles. The van der Waals surface area contributed by atoms with Crippen LogP contribution in [0, 0.1) is 5.82 Å². The van der Waals surface area contributed by atoms with E-state index in [-0.39, 0.29) is 11.3 Å². The monoisotopic (exact) mass is 373 g/mol. The van der Waals surface area contributed by atoms with Gasteiger partial charge in [0.2, 0.25) is 0 Å². The molecule has 26 heavy (non-hydrogen) atoms. The third-order valence-corrected chi connectivity index (χ3v) is 4.75. The molecule has 0 spiro atoms. The number of fused-ring (bicyclic) bond motifs is 1. The SMILES string of the molecule is CCN(C(=O)COC(=O)c1ccc(F)cc1N)c1nc2ccccc2s1. The van der Waals surface area contributed by atoms with Gasteiger partial charge >= 0.3 is 5.97 Å². The first-order valence-corrected chi connectivity index (χ1v) is 8.69. The molecule has 0 aliphatic carbocycles. The minimum absolute atomic E-state index is 0.0160. The topological polar surface area (TPSA) is 85.5 Å². The Labute approximate surface area is 153 Å². The summed E-state index contributed by atoms with van der Waals surface area (Å²) in [5.74, 6) is -1.74. The highest BCUT2D eigenvalue weighted by molar-refractivity contribution is 7.22. The van der Waals surface area contributed by atoms with Crippen LogP contribution in [0.15, 0.2) is 42.5 Å². The number of para-hydroxylation sites is 1. The molecule has 3 aromatic rings. The van der Waals surface area contributed by atoms with E-state index in [2.05, 4.69) is 4.98 Å². The lowest BCUT2D eigenvalue weighted by molar-refractivity contribution is -0.121. The minimum Gasteiger partial charge on any atom is -0.452 e. The average Bonchev–Trinajstić information content (AvgIpc) is 3.04. The van der Waals surface area contributed by atoms with Crippen LogP contribution in [0.4, 0.5) is 15.2 Å². The van der Waals surface area contributed by atoms with E-state index in [0.717, 1.165) is 22.3 Å². The van der Waals surface area contributed by atoms with Gasteiger partial charge in [-0.1, -0.05) is 23.5 Å². The third kappa shape index (κ3) is 3.65. The number of rotatable bonds is 5. The Morgan fingerprint density at radius 3 is 2.73 bits per heavy atom. The van der Waals surface area contributed by atoms with Crippen LogP contribution >= 0.6 is 11.3 Å². The van der Waals surface area contributed by atoms with Gasteiger partial charge in [-0.2, -0.15) is 0 Å². The fraction of sp³-hybridized carbons (Fsp3) is 0.167. The van der Waals surface area contributed by atoms with Crippen LogP contribution in [0.5, 0.6) is 0 Å². The first-order chi connectivity index (χ1) is 12.5. The summed E-state index contributed by atoms with van der Waals surface area (Å²) < 4.78 is 19.0. The summed E-state index contributed by atoms with van der Waals surface area (Å²) in [4.78, 5) is 30.4. The van der Waals surface area contributed by atoms with Crippen molar-refractivity contribution in [1.29, 1.82) is 0 Å². The van der Waals surface area contributed by atoms with E-state index >= 15 is 0 Å². The molecular weight excluding hydrogens is 357 g/mol. The molecule has 0 atom stereocenters. The van der Waals surface area contributed by atoms with Crippen LogP contribution in [0.1, 0.15) is 17.3 Å². The number of anilines is 2. The van der Waals surface area contributed by atoms with Gasteiger partial charge in [0, 0.05) is 12.2 Å². The molecule has 0 unspecified atom stereocenters. The molecule has 0 aliphatic rings. The van der Waals surface area contributed by atoms with Crippen molar-refractivity contribution in [3.63, 3.8) is 0 Å². The van der Waals surface area contributed by atoms with Crippen molar-refractivity contribution in [3.8, 4) is 0 Å². The summed E-state index contributed by atoms with van der Waals surface area (Å²) in [6, 6.07) is 10.9. The highest BCUT2D eigenvalue weighted by atomic mass is 32.1. The molecule has 0 radical (unpaired) electrons. The van der Waals surface area contributed by atoms with Crippen molar-refractivity contribution in [3.05, 3.63) is 53.8 Å². The molecule has 2 aromatic carbocycles. The van der Waals surface area contributed by atoms with Gasteiger partial charge in [-0.15, -0.1) is 0 Å². The Kier molecular flexibility index (Phi) is 5.13. The first-order valence-electron chi connectivity index (χ1n) is 7.87. The summed E-state index contributed by atoms with van der Waals surface area (Å²) in [7, 11) is 0. The molecule has 1 aromatic heterocycles. The van der Waals surface area contributed by atoms with E-state index < -0.39 is 24.3 Å². The highest BCUT2D eigenvalue weighted by Gasteiger charge is 2.20. The Morgan fingerprint density at radius 1 is 1.27 bits per heavy atom. The second kappa shape index (κ2) is 7.49. The number of ether oxygens (including phenoxy) is 1. The lowest BCUT2D eigenvalue weighted by Crippen LogP contribution is -2.34. The van der Waals surface area contributed by atoms with Crippen LogP contribution in [0.3, 0.4) is 0 Å². The van der Waals surface area contributed by atoms with Gasteiger partial charge < -0.3 is 10.5 Å². The second-order valence-corrected chi connectivity index (χ2v) is 6.42. The molecule has 0 fully saturated rings. The first kappa shape index (κ1) is 17.8. The van der Waals surface area contributed by atoms with Gasteiger partial charge in [-0.25, -0.2) is 14.2 Å². The number of carbonyl (C=O) groups is 2. The average molecular weight is 373 g/mol. The molecular formula is C18H16FN3O3S. The maximum Gasteiger partial charge on any atom is 0.340 e. The quantitative estimate of drug-likeness (QED) is 0.548. The molecule has 6 nitrogen and oxygen atoms in total. The molecule has 134 valence electrons. The summed E-state index contributed by atoms with van der Waals surface area (Å²) in [6.07, 6.45) is 0. The molecule has 1 heterocycles. The predicted molar refractivity (Wildman–Crippen MR) is 98.7 cm³/mol. The number of halogens is 1. The van der Waals surface area contributed by atoms with E-state index in [4.69, 9.17) is 10.5 Å². The van der Waals surface area contributed by atoms with Gasteiger partial charge in [0.25, 0.3) is 5.91 Å². The fourth-order valence-corrected chi connectivity index (χ4v) is 3.44. The Balaban J connectivity index is 1.70. The number of carbonyl (C=O) groups excluding carboxylic acids is 2. The summed E-state index contributed by atoms with van der Waals surface area (Å²) in [5.41, 5.74) is 6.38. The molecule has 2 N–H and O–H groups in total. The van der Waals surface area contributed by atoms with Crippen molar-refractivity contribution >= 4 is 44.2 Å². The van der Waals surface area contributed by atoms with Crippen molar-refractivity contribution in [2.45, 2.75) is 6.92 Å². The number of hydrogen-bond acceptors (Lipinski definition) is 6. The standard InChI is InChI=1S/C18H16FN3O3S/c1-2-22(18-21-14-5-3-4-6-15(14)26-18)16(23)10-25-17(24)12-8-7-11(19)9-13(12)20/h3-9H,2,10,20H2,1H3. The smallest absolute Gasteiger partial charge is 0.340 e. The molecule has 8 heteroatoms. The predicted octanol–water partition coefficient (Wildman–Crippen LogP) is 3.23. The number of nitrogen functional groups attached to an aromatic ring is 1. The van der Waals surface area contributed by atoms with Crippen LogP contribution in [-0.4, -0.2) is 30.0 Å². The molecule has 0 saturated heterocycles. The van der Waals surface area contributed by atoms with Gasteiger partial charge in [0.05, 0.1) is 15.8 Å². The van der Waals surface area contributed by atoms with Crippen molar-refractivity contribution < 1.29 is 18.7 Å². The Morgan fingerprint density at radius 2 is 2.04 bits per heavy atom. The van der Waals surface area contributed by atoms with E-state index in [1.807, 2.05) is 31.2 Å². The van der Waals surface area contributed by atoms with E-state index in [1.165, 1.54) is 22.3 Å². The number of nitrogens with zero attached hydrogens (tertiary/aromatic N) is 2. The summed E-state index contributed by atoms with van der Waals surface area (Å²) >= 11 is 1.38. The molecule has 0 aliphatic heterocycles. The Hall–Kier alpha value is -3.00. The van der Waals surface area contributed by atoms with Crippen molar-refractivity contribution in [2.75, 3.05) is 23.8 Å². The second-order valence-electron chi connectivity index (χ2n) is 5.41. The van der Waals surface area contributed by atoms with Crippen LogP contribution < -0.4 is 10.6 Å². The van der Waals surface area contributed by atoms with E-state index in [1.54, 1.807) is 0 Å². The number of esters is 1. The fourth-order valence-electron chi connectivity index (χ4n) is 2.40. The summed E-state index contributed by atoms with van der Waals surface area (Å²) in [6.45, 7) is 1.73. The Bertz CT molecular complexity index is 940. The van der Waals surface area contributed by atoms with E-state index in [9.17, 15) is 14.0 Å². The summed E-state index contributed by atoms with van der Waals surface area (Å²) in [5, 5.41) is 0.538. The van der Waals surface area contributed by atoms with Crippen LogP contribution in [-0.2, 0) is 9.53 Å². The zero-order chi connectivity index (χ0) is 18.7. The molecule has 0 bridgehead atoms. The molecule has 3 rings (SSSR count).